The second-order valence-electron chi connectivity index (χ2n) is 5.25. The van der Waals surface area contributed by atoms with Crippen LogP contribution in [-0.4, -0.2) is 23.5 Å². The minimum atomic E-state index is -0.727. The highest BCUT2D eigenvalue weighted by Crippen LogP contribution is 2.44. The number of carbonyl (C=O) groups excluding carboxylic acids is 2. The Hall–Kier alpha value is -2.62. The van der Waals surface area contributed by atoms with Gasteiger partial charge in [-0.25, -0.2) is 9.69 Å². The van der Waals surface area contributed by atoms with Crippen LogP contribution in [0.2, 0.25) is 0 Å². The normalized spacial score (nSPS) is 12.5. The summed E-state index contributed by atoms with van der Waals surface area (Å²) in [4.78, 5) is 23.7. The van der Waals surface area contributed by atoms with Gasteiger partial charge in [-0.3, -0.25) is 4.79 Å². The molecule has 0 heterocycles. The van der Waals surface area contributed by atoms with Crippen LogP contribution < -0.4 is 0 Å². The second-order valence-corrected chi connectivity index (χ2v) is 5.25. The van der Waals surface area contributed by atoms with Gasteiger partial charge >= 0.3 is 6.09 Å². The second kappa shape index (κ2) is 5.64. The molecule has 0 N–H and O–H groups in total. The van der Waals surface area contributed by atoms with Gasteiger partial charge in [-0.05, 0) is 22.3 Å². The molecule has 111 valence electrons. The first-order chi connectivity index (χ1) is 10.6. The summed E-state index contributed by atoms with van der Waals surface area (Å²) in [6.07, 6.45) is -0.727. The number of hydrogen-bond acceptors (Lipinski definition) is 3. The maximum atomic E-state index is 11.8. The Balaban J connectivity index is 1.85. The Morgan fingerprint density at radius 1 is 1.05 bits per heavy atom. The maximum Gasteiger partial charge on any atom is 0.416 e. The molecule has 3 rings (SSSR count). The van der Waals surface area contributed by atoms with Crippen molar-refractivity contribution in [3.8, 4) is 11.1 Å². The molecular weight excluding hydrogens is 278 g/mol. The van der Waals surface area contributed by atoms with Crippen LogP contribution in [0.25, 0.3) is 11.1 Å². The molecule has 0 aliphatic heterocycles. The molecule has 1 aliphatic rings. The number of benzene rings is 2. The average molecular weight is 294 g/mol. The zero-order valence-electron chi connectivity index (χ0n) is 12.3. The van der Waals surface area contributed by atoms with Crippen LogP contribution in [-0.2, 0) is 9.53 Å². The van der Waals surface area contributed by atoms with E-state index in [1.54, 1.807) is 0 Å². The number of amides is 2. The summed E-state index contributed by atoms with van der Waals surface area (Å²) in [6, 6.07) is 16.2. The summed E-state index contributed by atoms with van der Waals surface area (Å²) in [5.74, 6) is -0.464. The minimum Gasteiger partial charge on any atom is -0.448 e. The summed E-state index contributed by atoms with van der Waals surface area (Å²) in [5.41, 5.74) is 4.60. The fraction of sp³-hybridized carbons (Fsp3) is 0.167. The lowest BCUT2D eigenvalue weighted by molar-refractivity contribution is -0.125. The molecule has 2 aromatic rings. The average Bonchev–Trinajstić information content (AvgIpc) is 2.86. The van der Waals surface area contributed by atoms with Crippen molar-refractivity contribution in [3.63, 3.8) is 0 Å². The lowest BCUT2D eigenvalue weighted by Crippen LogP contribution is -2.30. The summed E-state index contributed by atoms with van der Waals surface area (Å²) in [5, 5.41) is 0. The van der Waals surface area contributed by atoms with Gasteiger partial charge in [-0.1, -0.05) is 48.5 Å². The number of nitrogens with zero attached hydrogens (tertiary/aromatic N) is 1. The van der Waals surface area contributed by atoms with Crippen LogP contribution in [0.5, 0.6) is 0 Å². The fourth-order valence-electron chi connectivity index (χ4n) is 2.80. The Morgan fingerprint density at radius 3 is 2.05 bits per heavy atom. The van der Waals surface area contributed by atoms with E-state index in [1.165, 1.54) is 6.92 Å². The van der Waals surface area contributed by atoms with Crippen molar-refractivity contribution in [3.05, 3.63) is 66.7 Å². The number of ether oxygens (including phenoxy) is 1. The Morgan fingerprint density at radius 2 is 1.55 bits per heavy atom. The Kier molecular flexibility index (Phi) is 3.67. The van der Waals surface area contributed by atoms with Crippen LogP contribution in [0.15, 0.2) is 48.5 Å². The van der Waals surface area contributed by atoms with E-state index in [4.69, 9.17) is 4.74 Å². The van der Waals surface area contributed by atoms with Crippen molar-refractivity contribution >= 4 is 12.0 Å². The first-order valence-corrected chi connectivity index (χ1v) is 7.05. The van der Waals surface area contributed by atoms with Crippen molar-refractivity contribution in [1.29, 1.82) is 0 Å². The molecule has 1 aliphatic carbocycles. The van der Waals surface area contributed by atoms with Crippen molar-refractivity contribution in [2.24, 2.45) is 0 Å². The fourth-order valence-corrected chi connectivity index (χ4v) is 2.80. The molecule has 0 saturated heterocycles. The summed E-state index contributed by atoms with van der Waals surface area (Å²) in [6.45, 7) is 1.46. The molecule has 0 saturated carbocycles. The van der Waals surface area contributed by atoms with Gasteiger partial charge in [-0.15, -0.1) is 0 Å². The molecule has 0 fully saturated rings. The largest absolute Gasteiger partial charge is 0.448 e. The SMILES string of the molecule is [CH2]N(C(C)=O)C(=O)OCC1c2ccccc2-c2ccccc21. The van der Waals surface area contributed by atoms with Crippen molar-refractivity contribution < 1.29 is 14.3 Å². The highest BCUT2D eigenvalue weighted by molar-refractivity contribution is 5.90. The highest BCUT2D eigenvalue weighted by Gasteiger charge is 2.29. The third-order valence-corrected chi connectivity index (χ3v) is 3.94. The van der Waals surface area contributed by atoms with Gasteiger partial charge in [0.25, 0.3) is 0 Å². The van der Waals surface area contributed by atoms with E-state index >= 15 is 0 Å². The molecule has 4 heteroatoms. The molecular formula is C18H16NO3. The lowest BCUT2D eigenvalue weighted by Gasteiger charge is -2.17. The number of fused-ring (bicyclic) bond motifs is 3. The Bertz CT molecular complexity index is 693. The molecule has 0 spiro atoms. The standard InChI is InChI=1S/C18H16NO3/c1-12(20)19(2)18(21)22-11-17-15-9-5-3-7-13(15)14-8-4-6-10-16(14)17/h3-10,17H,2,11H2,1H3. The maximum absolute atomic E-state index is 11.8. The molecule has 22 heavy (non-hydrogen) atoms. The van der Waals surface area contributed by atoms with Gasteiger partial charge < -0.3 is 4.74 Å². The van der Waals surface area contributed by atoms with Gasteiger partial charge in [0.2, 0.25) is 5.91 Å². The van der Waals surface area contributed by atoms with Crippen LogP contribution in [0.4, 0.5) is 4.79 Å². The minimum absolute atomic E-state index is 0.0169. The van der Waals surface area contributed by atoms with E-state index in [1.807, 2.05) is 36.4 Å². The summed E-state index contributed by atoms with van der Waals surface area (Å²) >= 11 is 0. The van der Waals surface area contributed by atoms with E-state index < -0.39 is 12.0 Å². The van der Waals surface area contributed by atoms with Gasteiger partial charge in [0.1, 0.15) is 6.61 Å². The summed E-state index contributed by atoms with van der Waals surface area (Å²) < 4.78 is 5.27. The topological polar surface area (TPSA) is 46.6 Å². The van der Waals surface area contributed by atoms with Crippen molar-refractivity contribution in [1.82, 2.24) is 4.90 Å². The van der Waals surface area contributed by atoms with E-state index in [9.17, 15) is 9.59 Å². The zero-order valence-corrected chi connectivity index (χ0v) is 12.3. The third kappa shape index (κ3) is 2.37. The predicted molar refractivity (Wildman–Crippen MR) is 82.9 cm³/mol. The van der Waals surface area contributed by atoms with Crippen LogP contribution in [0, 0.1) is 7.05 Å². The first kappa shape index (κ1) is 14.3. The Labute approximate surface area is 129 Å². The van der Waals surface area contributed by atoms with E-state index in [2.05, 4.69) is 19.2 Å². The number of carbonyl (C=O) groups is 2. The molecule has 2 amide bonds. The highest BCUT2D eigenvalue weighted by atomic mass is 16.6. The predicted octanol–water partition coefficient (Wildman–Crippen LogP) is 3.58. The third-order valence-electron chi connectivity index (χ3n) is 3.94. The van der Waals surface area contributed by atoms with Gasteiger partial charge in [0.05, 0.1) is 7.05 Å². The van der Waals surface area contributed by atoms with Gasteiger partial charge in [-0.2, -0.15) is 0 Å². The number of hydrogen-bond donors (Lipinski definition) is 0. The van der Waals surface area contributed by atoms with Crippen LogP contribution in [0.1, 0.15) is 24.0 Å². The van der Waals surface area contributed by atoms with Gasteiger partial charge in [0, 0.05) is 12.8 Å². The first-order valence-electron chi connectivity index (χ1n) is 7.05. The van der Waals surface area contributed by atoms with Gasteiger partial charge in [0.15, 0.2) is 0 Å². The molecule has 1 radical (unpaired) electrons. The number of rotatable bonds is 2. The van der Waals surface area contributed by atoms with E-state index in [-0.39, 0.29) is 12.5 Å². The van der Waals surface area contributed by atoms with E-state index in [0.29, 0.717) is 0 Å². The molecule has 0 atom stereocenters. The van der Waals surface area contributed by atoms with Crippen LogP contribution >= 0.6 is 0 Å². The van der Waals surface area contributed by atoms with Crippen LogP contribution in [0.3, 0.4) is 0 Å². The van der Waals surface area contributed by atoms with Crippen molar-refractivity contribution in [2.45, 2.75) is 12.8 Å². The van der Waals surface area contributed by atoms with E-state index in [0.717, 1.165) is 27.2 Å². The molecule has 0 unspecified atom stereocenters. The van der Waals surface area contributed by atoms with Crippen molar-refractivity contribution in [2.75, 3.05) is 6.61 Å². The molecule has 2 aromatic carbocycles. The number of imide groups is 1. The smallest absolute Gasteiger partial charge is 0.416 e. The summed E-state index contributed by atoms with van der Waals surface area (Å²) in [7, 11) is 3.38. The lowest BCUT2D eigenvalue weighted by atomic mass is 9.98. The molecule has 4 nitrogen and oxygen atoms in total. The molecule has 0 aromatic heterocycles. The monoisotopic (exact) mass is 294 g/mol. The zero-order chi connectivity index (χ0) is 15.7. The molecule has 0 bridgehead atoms. The quantitative estimate of drug-likeness (QED) is 0.850.